The van der Waals surface area contributed by atoms with Gasteiger partial charge in [-0.15, -0.1) is 0 Å². The van der Waals surface area contributed by atoms with Crippen LogP contribution in [0.15, 0.2) is 42.5 Å². The summed E-state index contributed by atoms with van der Waals surface area (Å²) >= 11 is 0. The van der Waals surface area contributed by atoms with Crippen LogP contribution in [0.5, 0.6) is 11.5 Å². The minimum absolute atomic E-state index is 0.765. The van der Waals surface area contributed by atoms with Gasteiger partial charge in [-0.2, -0.15) is 0 Å². The molecule has 3 nitrogen and oxygen atoms in total. The van der Waals surface area contributed by atoms with E-state index in [1.165, 1.54) is 11.1 Å². The number of hydrogen-bond donors (Lipinski definition) is 1. The fraction of sp³-hybridized carbons (Fsp3) is 0.294. The molecule has 0 bridgehead atoms. The van der Waals surface area contributed by atoms with E-state index in [9.17, 15) is 0 Å². The Morgan fingerprint density at radius 3 is 2.25 bits per heavy atom. The van der Waals surface area contributed by atoms with E-state index in [1.807, 2.05) is 24.3 Å². The molecule has 0 saturated carbocycles. The van der Waals surface area contributed by atoms with Crippen molar-refractivity contribution in [3.05, 3.63) is 59.2 Å². The molecule has 2 aromatic carbocycles. The highest BCUT2D eigenvalue weighted by molar-refractivity contribution is 5.37. The van der Waals surface area contributed by atoms with E-state index < -0.39 is 0 Å². The van der Waals surface area contributed by atoms with Crippen LogP contribution in [-0.4, -0.2) is 14.2 Å². The number of para-hydroxylation sites is 1. The maximum atomic E-state index is 5.38. The average Bonchev–Trinajstić information content (AvgIpc) is 2.48. The molecule has 1 N–H and O–H groups in total. The molecule has 0 aliphatic heterocycles. The molecule has 2 aromatic rings. The van der Waals surface area contributed by atoms with Gasteiger partial charge in [-0.1, -0.05) is 35.9 Å². The molecule has 106 valence electrons. The molecular formula is C17H21NO2. The topological polar surface area (TPSA) is 30.5 Å². The molecular weight excluding hydrogens is 250 g/mol. The summed E-state index contributed by atoms with van der Waals surface area (Å²) in [6.45, 7) is 3.62. The number of aryl methyl sites for hydroxylation is 1. The Balaban J connectivity index is 2.01. The van der Waals surface area contributed by atoms with Gasteiger partial charge >= 0.3 is 0 Å². The van der Waals surface area contributed by atoms with Crippen LogP contribution >= 0.6 is 0 Å². The Bertz CT molecular complexity index is 567. The molecule has 0 spiro atoms. The number of ether oxygens (including phenoxy) is 2. The van der Waals surface area contributed by atoms with Crippen LogP contribution in [0.1, 0.15) is 16.7 Å². The van der Waals surface area contributed by atoms with E-state index in [0.29, 0.717) is 0 Å². The highest BCUT2D eigenvalue weighted by Gasteiger charge is 2.04. The van der Waals surface area contributed by atoms with Gasteiger partial charge in [0.05, 0.1) is 14.2 Å². The fourth-order valence-corrected chi connectivity index (χ4v) is 2.23. The van der Waals surface area contributed by atoms with Crippen LogP contribution in [0.2, 0.25) is 0 Å². The molecule has 0 saturated heterocycles. The Labute approximate surface area is 120 Å². The van der Waals surface area contributed by atoms with Gasteiger partial charge in [-0.05, 0) is 19.1 Å². The third-order valence-electron chi connectivity index (χ3n) is 3.26. The van der Waals surface area contributed by atoms with Crippen molar-refractivity contribution >= 4 is 0 Å². The fourth-order valence-electron chi connectivity index (χ4n) is 2.23. The second kappa shape index (κ2) is 6.96. The van der Waals surface area contributed by atoms with Crippen LogP contribution in [0.3, 0.4) is 0 Å². The third-order valence-corrected chi connectivity index (χ3v) is 3.26. The predicted molar refractivity (Wildman–Crippen MR) is 81.3 cm³/mol. The summed E-state index contributed by atoms with van der Waals surface area (Å²) in [4.78, 5) is 0. The molecule has 0 heterocycles. The molecule has 0 aliphatic rings. The van der Waals surface area contributed by atoms with Gasteiger partial charge < -0.3 is 14.8 Å². The largest absolute Gasteiger partial charge is 0.496 e. The molecule has 0 aliphatic carbocycles. The number of rotatable bonds is 6. The van der Waals surface area contributed by atoms with Crippen LogP contribution in [0, 0.1) is 6.92 Å². The van der Waals surface area contributed by atoms with E-state index in [-0.39, 0.29) is 0 Å². The maximum Gasteiger partial charge on any atom is 0.123 e. The lowest BCUT2D eigenvalue weighted by Gasteiger charge is -2.12. The molecule has 2 rings (SSSR count). The summed E-state index contributed by atoms with van der Waals surface area (Å²) in [5.41, 5.74) is 3.56. The lowest BCUT2D eigenvalue weighted by atomic mass is 10.1. The van der Waals surface area contributed by atoms with Gasteiger partial charge in [0, 0.05) is 24.2 Å². The van der Waals surface area contributed by atoms with E-state index in [4.69, 9.17) is 9.47 Å². The van der Waals surface area contributed by atoms with Crippen molar-refractivity contribution in [1.29, 1.82) is 0 Å². The van der Waals surface area contributed by atoms with Gasteiger partial charge in [0.15, 0.2) is 0 Å². The smallest absolute Gasteiger partial charge is 0.123 e. The van der Waals surface area contributed by atoms with Crippen LogP contribution in [0.25, 0.3) is 0 Å². The van der Waals surface area contributed by atoms with Gasteiger partial charge in [-0.3, -0.25) is 0 Å². The lowest BCUT2D eigenvalue weighted by Crippen LogP contribution is -2.14. The first-order valence-corrected chi connectivity index (χ1v) is 6.70. The Morgan fingerprint density at radius 1 is 0.850 bits per heavy atom. The zero-order chi connectivity index (χ0) is 14.4. The van der Waals surface area contributed by atoms with Crippen LogP contribution < -0.4 is 14.8 Å². The van der Waals surface area contributed by atoms with Gasteiger partial charge in [0.2, 0.25) is 0 Å². The number of hydrogen-bond acceptors (Lipinski definition) is 3. The molecule has 0 fully saturated rings. The Hall–Kier alpha value is -2.00. The number of methoxy groups -OCH3 is 2. The molecule has 20 heavy (non-hydrogen) atoms. The maximum absolute atomic E-state index is 5.38. The first-order valence-electron chi connectivity index (χ1n) is 6.70. The number of benzene rings is 2. The van der Waals surface area contributed by atoms with Gasteiger partial charge in [-0.25, -0.2) is 0 Å². The normalized spacial score (nSPS) is 10.3. The second-order valence-corrected chi connectivity index (χ2v) is 4.73. The van der Waals surface area contributed by atoms with Crippen molar-refractivity contribution in [2.75, 3.05) is 14.2 Å². The molecule has 0 aromatic heterocycles. The van der Waals surface area contributed by atoms with Gasteiger partial charge in [0.25, 0.3) is 0 Å². The summed E-state index contributed by atoms with van der Waals surface area (Å²) in [6, 6.07) is 14.3. The predicted octanol–water partition coefficient (Wildman–Crippen LogP) is 3.30. The highest BCUT2D eigenvalue weighted by Crippen LogP contribution is 2.20. The summed E-state index contributed by atoms with van der Waals surface area (Å²) in [5, 5.41) is 3.43. The zero-order valence-corrected chi connectivity index (χ0v) is 12.3. The van der Waals surface area contributed by atoms with Crippen molar-refractivity contribution in [3.63, 3.8) is 0 Å². The minimum atomic E-state index is 0.765. The summed E-state index contributed by atoms with van der Waals surface area (Å²) < 4.78 is 10.7. The zero-order valence-electron chi connectivity index (χ0n) is 12.3. The van der Waals surface area contributed by atoms with E-state index in [0.717, 1.165) is 30.2 Å². The molecule has 0 atom stereocenters. The second-order valence-electron chi connectivity index (χ2n) is 4.73. The Morgan fingerprint density at radius 2 is 1.50 bits per heavy atom. The minimum Gasteiger partial charge on any atom is -0.496 e. The summed E-state index contributed by atoms with van der Waals surface area (Å²) in [6.07, 6.45) is 0. The summed E-state index contributed by atoms with van der Waals surface area (Å²) in [5.74, 6) is 1.83. The molecule has 3 heteroatoms. The third kappa shape index (κ3) is 3.52. The highest BCUT2D eigenvalue weighted by atomic mass is 16.5. The molecule has 0 amide bonds. The van der Waals surface area contributed by atoms with Crippen LogP contribution in [-0.2, 0) is 13.1 Å². The first-order chi connectivity index (χ1) is 9.74. The lowest BCUT2D eigenvalue weighted by molar-refractivity contribution is 0.403. The quantitative estimate of drug-likeness (QED) is 0.874. The molecule has 0 radical (unpaired) electrons. The van der Waals surface area contributed by atoms with Crippen molar-refractivity contribution in [3.8, 4) is 11.5 Å². The van der Waals surface area contributed by atoms with Crippen LogP contribution in [0.4, 0.5) is 0 Å². The van der Waals surface area contributed by atoms with Crippen molar-refractivity contribution < 1.29 is 9.47 Å². The van der Waals surface area contributed by atoms with Crippen molar-refractivity contribution in [2.24, 2.45) is 0 Å². The average molecular weight is 271 g/mol. The standard InChI is InChI=1S/C17H21NO2/c1-13-8-9-17(20-3)15(10-13)12-18-11-14-6-4-5-7-16(14)19-2/h4-10,18H,11-12H2,1-3H3. The van der Waals surface area contributed by atoms with Crippen molar-refractivity contribution in [2.45, 2.75) is 20.0 Å². The van der Waals surface area contributed by atoms with E-state index >= 15 is 0 Å². The number of nitrogens with one attached hydrogen (secondary N) is 1. The summed E-state index contributed by atoms with van der Waals surface area (Å²) in [7, 11) is 3.40. The molecule has 0 unspecified atom stereocenters. The van der Waals surface area contributed by atoms with Crippen molar-refractivity contribution in [1.82, 2.24) is 5.32 Å². The Kier molecular flexibility index (Phi) is 5.02. The first kappa shape index (κ1) is 14.4. The van der Waals surface area contributed by atoms with E-state index in [1.54, 1.807) is 14.2 Å². The SMILES string of the molecule is COc1ccccc1CNCc1cc(C)ccc1OC. The van der Waals surface area contributed by atoms with Gasteiger partial charge in [0.1, 0.15) is 11.5 Å². The monoisotopic (exact) mass is 271 g/mol. The van der Waals surface area contributed by atoms with E-state index in [2.05, 4.69) is 30.4 Å².